The summed E-state index contributed by atoms with van der Waals surface area (Å²) in [5.41, 5.74) is 1.02. The molecule has 0 heterocycles. The van der Waals surface area contributed by atoms with Crippen molar-refractivity contribution < 1.29 is 17.9 Å². The number of benzene rings is 2. The standard InChI is InChI=1S/C15H13N3O4S/c1-22-13-7-6-12(8-14(13)23(17,20)21)18-15(19)11-4-2-10(9-16)3-5-11/h2-8H,1H3,(H,18,19)(H2,17,20,21). The number of primary sulfonamides is 1. The number of hydrogen-bond donors (Lipinski definition) is 2. The number of nitrogens with one attached hydrogen (secondary N) is 1. The van der Waals surface area contributed by atoms with Gasteiger partial charge in [0.15, 0.2) is 0 Å². The number of nitriles is 1. The minimum atomic E-state index is -3.99. The van der Waals surface area contributed by atoms with Crippen molar-refractivity contribution in [2.75, 3.05) is 12.4 Å². The zero-order valence-corrected chi connectivity index (χ0v) is 12.9. The van der Waals surface area contributed by atoms with Crippen LogP contribution in [0.5, 0.6) is 5.75 Å². The van der Waals surface area contributed by atoms with Crippen molar-refractivity contribution >= 4 is 21.6 Å². The Bertz CT molecular complexity index is 884. The lowest BCUT2D eigenvalue weighted by atomic mass is 10.1. The van der Waals surface area contributed by atoms with Crippen LogP contribution in [0, 0.1) is 11.3 Å². The molecule has 23 heavy (non-hydrogen) atoms. The van der Waals surface area contributed by atoms with Crippen LogP contribution in [0.2, 0.25) is 0 Å². The molecule has 1 amide bonds. The van der Waals surface area contributed by atoms with E-state index in [1.807, 2.05) is 6.07 Å². The van der Waals surface area contributed by atoms with Crippen LogP contribution in [0.4, 0.5) is 5.69 Å². The Morgan fingerprint density at radius 2 is 1.87 bits per heavy atom. The molecule has 8 heteroatoms. The monoisotopic (exact) mass is 331 g/mol. The van der Waals surface area contributed by atoms with Gasteiger partial charge in [0.2, 0.25) is 10.0 Å². The summed E-state index contributed by atoms with van der Waals surface area (Å²) < 4.78 is 28.0. The Hall–Kier alpha value is -2.89. The van der Waals surface area contributed by atoms with Crippen LogP contribution < -0.4 is 15.2 Å². The molecule has 0 saturated heterocycles. The van der Waals surface area contributed by atoms with Gasteiger partial charge in [-0.15, -0.1) is 0 Å². The first-order valence-corrected chi connectivity index (χ1v) is 7.92. The second-order valence-electron chi connectivity index (χ2n) is 4.55. The van der Waals surface area contributed by atoms with E-state index < -0.39 is 15.9 Å². The number of nitrogens with two attached hydrogens (primary N) is 1. The van der Waals surface area contributed by atoms with Gasteiger partial charge in [0.1, 0.15) is 10.6 Å². The Labute approximate surface area is 133 Å². The first-order chi connectivity index (χ1) is 10.8. The quantitative estimate of drug-likeness (QED) is 0.878. The predicted molar refractivity (Wildman–Crippen MR) is 83.5 cm³/mol. The molecule has 0 radical (unpaired) electrons. The van der Waals surface area contributed by atoms with E-state index in [9.17, 15) is 13.2 Å². The summed E-state index contributed by atoms with van der Waals surface area (Å²) in [5, 5.41) is 16.4. The topological polar surface area (TPSA) is 122 Å². The van der Waals surface area contributed by atoms with E-state index in [1.165, 1.54) is 49.6 Å². The largest absolute Gasteiger partial charge is 0.495 e. The number of nitrogens with zero attached hydrogens (tertiary/aromatic N) is 1. The van der Waals surface area contributed by atoms with Gasteiger partial charge in [-0.05, 0) is 42.5 Å². The van der Waals surface area contributed by atoms with Crippen molar-refractivity contribution in [2.24, 2.45) is 5.14 Å². The fourth-order valence-corrected chi connectivity index (χ4v) is 2.60. The molecule has 0 aliphatic heterocycles. The van der Waals surface area contributed by atoms with Gasteiger partial charge >= 0.3 is 0 Å². The van der Waals surface area contributed by atoms with Crippen LogP contribution in [0.1, 0.15) is 15.9 Å². The number of carbonyl (C=O) groups is 1. The summed E-state index contributed by atoms with van der Waals surface area (Å²) in [4.78, 5) is 11.9. The summed E-state index contributed by atoms with van der Waals surface area (Å²) in [6.45, 7) is 0. The molecule has 0 aliphatic rings. The molecule has 0 bridgehead atoms. The van der Waals surface area contributed by atoms with Crippen LogP contribution in [-0.2, 0) is 10.0 Å². The molecule has 2 aromatic carbocycles. The molecule has 0 aromatic heterocycles. The van der Waals surface area contributed by atoms with Gasteiger partial charge in [-0.2, -0.15) is 5.26 Å². The van der Waals surface area contributed by atoms with Gasteiger partial charge in [-0.25, -0.2) is 13.6 Å². The minimum Gasteiger partial charge on any atom is -0.495 e. The number of rotatable bonds is 4. The molecule has 3 N–H and O–H groups in total. The Kier molecular flexibility index (Phi) is 4.64. The maximum atomic E-state index is 12.1. The Morgan fingerprint density at radius 3 is 2.39 bits per heavy atom. The van der Waals surface area contributed by atoms with Crippen molar-refractivity contribution in [3.05, 3.63) is 53.6 Å². The van der Waals surface area contributed by atoms with E-state index in [2.05, 4.69) is 5.32 Å². The lowest BCUT2D eigenvalue weighted by Gasteiger charge is -2.10. The van der Waals surface area contributed by atoms with E-state index in [-0.39, 0.29) is 16.3 Å². The Morgan fingerprint density at radius 1 is 1.22 bits per heavy atom. The van der Waals surface area contributed by atoms with Crippen molar-refractivity contribution in [1.29, 1.82) is 5.26 Å². The number of carbonyl (C=O) groups excluding carboxylic acids is 1. The van der Waals surface area contributed by atoms with E-state index in [0.717, 1.165) is 0 Å². The minimum absolute atomic E-state index is 0.0869. The zero-order chi connectivity index (χ0) is 17.0. The lowest BCUT2D eigenvalue weighted by molar-refractivity contribution is 0.102. The average Bonchev–Trinajstić information content (AvgIpc) is 2.54. The number of ether oxygens (including phenoxy) is 1. The van der Waals surface area contributed by atoms with Crippen molar-refractivity contribution in [3.8, 4) is 11.8 Å². The maximum Gasteiger partial charge on any atom is 0.255 e. The second-order valence-corrected chi connectivity index (χ2v) is 6.08. The van der Waals surface area contributed by atoms with Gasteiger partial charge in [-0.1, -0.05) is 0 Å². The smallest absolute Gasteiger partial charge is 0.255 e. The maximum absolute atomic E-state index is 12.1. The molecule has 118 valence electrons. The molecule has 0 fully saturated rings. The van der Waals surface area contributed by atoms with E-state index in [0.29, 0.717) is 11.1 Å². The number of hydrogen-bond acceptors (Lipinski definition) is 5. The molecule has 0 spiro atoms. The molecule has 0 aliphatic carbocycles. The van der Waals surface area contributed by atoms with Crippen molar-refractivity contribution in [2.45, 2.75) is 4.90 Å². The van der Waals surface area contributed by atoms with Crippen molar-refractivity contribution in [3.63, 3.8) is 0 Å². The van der Waals surface area contributed by atoms with E-state index in [1.54, 1.807) is 0 Å². The third kappa shape index (κ3) is 3.85. The van der Waals surface area contributed by atoms with Crippen molar-refractivity contribution in [1.82, 2.24) is 0 Å². The number of methoxy groups -OCH3 is 1. The van der Waals surface area contributed by atoms with Gasteiger partial charge in [0.05, 0.1) is 18.7 Å². The molecule has 2 aromatic rings. The van der Waals surface area contributed by atoms with Crippen LogP contribution >= 0.6 is 0 Å². The molecule has 0 saturated carbocycles. The summed E-state index contributed by atoms with van der Waals surface area (Å²) in [5.74, 6) is -0.358. The number of sulfonamides is 1. The predicted octanol–water partition coefficient (Wildman–Crippen LogP) is 1.47. The van der Waals surface area contributed by atoms with Crippen LogP contribution in [-0.4, -0.2) is 21.4 Å². The first-order valence-electron chi connectivity index (χ1n) is 6.37. The molecule has 0 atom stereocenters. The molecule has 7 nitrogen and oxygen atoms in total. The molecule has 0 unspecified atom stereocenters. The summed E-state index contributed by atoms with van der Waals surface area (Å²) in [7, 11) is -2.67. The fraction of sp³-hybridized carbons (Fsp3) is 0.0667. The number of amides is 1. The molecular weight excluding hydrogens is 318 g/mol. The average molecular weight is 331 g/mol. The van der Waals surface area contributed by atoms with E-state index >= 15 is 0 Å². The van der Waals surface area contributed by atoms with Gasteiger partial charge in [-0.3, -0.25) is 4.79 Å². The second kappa shape index (κ2) is 6.48. The normalized spacial score (nSPS) is 10.7. The molecular formula is C15H13N3O4S. The summed E-state index contributed by atoms with van der Waals surface area (Å²) in [6, 6.07) is 12.1. The Balaban J connectivity index is 2.29. The summed E-state index contributed by atoms with van der Waals surface area (Å²) >= 11 is 0. The van der Waals surface area contributed by atoms with Gasteiger partial charge in [0.25, 0.3) is 5.91 Å². The zero-order valence-electron chi connectivity index (χ0n) is 12.1. The highest BCUT2D eigenvalue weighted by atomic mass is 32.2. The SMILES string of the molecule is COc1ccc(NC(=O)c2ccc(C#N)cc2)cc1S(N)(=O)=O. The van der Waals surface area contributed by atoms with Crippen LogP contribution in [0.3, 0.4) is 0 Å². The third-order valence-corrected chi connectivity index (χ3v) is 3.94. The third-order valence-electron chi connectivity index (χ3n) is 3.00. The van der Waals surface area contributed by atoms with Gasteiger partial charge < -0.3 is 10.1 Å². The highest BCUT2D eigenvalue weighted by Gasteiger charge is 2.16. The first kappa shape index (κ1) is 16.5. The summed E-state index contributed by atoms with van der Waals surface area (Å²) in [6.07, 6.45) is 0. The highest BCUT2D eigenvalue weighted by molar-refractivity contribution is 7.89. The highest BCUT2D eigenvalue weighted by Crippen LogP contribution is 2.26. The van der Waals surface area contributed by atoms with Crippen LogP contribution in [0.25, 0.3) is 0 Å². The molecule has 2 rings (SSSR count). The lowest BCUT2D eigenvalue weighted by Crippen LogP contribution is -2.15. The van der Waals surface area contributed by atoms with Crippen LogP contribution in [0.15, 0.2) is 47.4 Å². The van der Waals surface area contributed by atoms with Gasteiger partial charge in [0, 0.05) is 11.3 Å². The number of anilines is 1. The van der Waals surface area contributed by atoms with E-state index in [4.69, 9.17) is 15.1 Å². The fourth-order valence-electron chi connectivity index (χ4n) is 1.88.